The number of carbonyl (C=O) groups is 1. The smallest absolute Gasteiger partial charge is 0.227 e. The largest absolute Gasteiger partial charge is 0.402 e. The average Bonchev–Trinajstić information content (AvgIpc) is 3.52. The number of amides is 1. The van der Waals surface area contributed by atoms with Crippen molar-refractivity contribution in [1.29, 1.82) is 0 Å². The van der Waals surface area contributed by atoms with E-state index in [-0.39, 0.29) is 17.5 Å². The Labute approximate surface area is 206 Å². The highest BCUT2D eigenvalue weighted by molar-refractivity contribution is 6.12. The van der Waals surface area contributed by atoms with Gasteiger partial charge in [-0.2, -0.15) is 5.10 Å². The molecule has 4 heterocycles. The normalized spacial score (nSPS) is 16.9. The topological polar surface area (TPSA) is 134 Å². The van der Waals surface area contributed by atoms with Crippen LogP contribution >= 0.6 is 0 Å². The molecule has 0 saturated heterocycles. The van der Waals surface area contributed by atoms with E-state index in [1.807, 2.05) is 18.2 Å². The molecule has 36 heavy (non-hydrogen) atoms. The lowest BCUT2D eigenvalue weighted by atomic mass is 9.99. The van der Waals surface area contributed by atoms with Crippen LogP contribution in [0.1, 0.15) is 54.0 Å². The van der Waals surface area contributed by atoms with Gasteiger partial charge in [-0.3, -0.25) is 14.8 Å². The first kappa shape index (κ1) is 22.1. The van der Waals surface area contributed by atoms with Gasteiger partial charge >= 0.3 is 0 Å². The van der Waals surface area contributed by atoms with E-state index in [4.69, 9.17) is 5.73 Å². The number of anilines is 1. The maximum Gasteiger partial charge on any atom is 0.227 e. The van der Waals surface area contributed by atoms with Crippen LogP contribution in [-0.2, 0) is 17.8 Å². The molecule has 3 aromatic rings. The Bertz CT molecular complexity index is 1450. The van der Waals surface area contributed by atoms with E-state index >= 15 is 4.39 Å². The number of aromatic amines is 1. The lowest BCUT2D eigenvalue weighted by Crippen LogP contribution is -2.24. The van der Waals surface area contributed by atoms with E-state index in [1.54, 1.807) is 18.5 Å². The van der Waals surface area contributed by atoms with Gasteiger partial charge in [-0.25, -0.2) is 9.37 Å². The lowest BCUT2D eigenvalue weighted by Gasteiger charge is -2.18. The van der Waals surface area contributed by atoms with Crippen molar-refractivity contribution in [3.63, 3.8) is 0 Å². The summed E-state index contributed by atoms with van der Waals surface area (Å²) in [5.74, 6) is -0.0783. The molecule has 2 aliphatic carbocycles. The molecule has 0 aromatic carbocycles. The van der Waals surface area contributed by atoms with Crippen molar-refractivity contribution in [3.8, 4) is 11.3 Å². The third kappa shape index (κ3) is 4.04. The second-order valence-corrected chi connectivity index (χ2v) is 9.28. The van der Waals surface area contributed by atoms with Gasteiger partial charge in [0.25, 0.3) is 0 Å². The number of allylic oxidation sites excluding steroid dienone is 3. The Morgan fingerprint density at radius 2 is 2.06 bits per heavy atom. The molecule has 1 saturated carbocycles. The number of nitrogens with one attached hydrogen (secondary N) is 3. The van der Waals surface area contributed by atoms with Gasteiger partial charge in [0.1, 0.15) is 11.4 Å². The summed E-state index contributed by atoms with van der Waals surface area (Å²) in [5, 5.41) is 7.31. The van der Waals surface area contributed by atoms with Gasteiger partial charge in [0.05, 0.1) is 29.7 Å². The summed E-state index contributed by atoms with van der Waals surface area (Å²) < 4.78 is 16.1. The summed E-state index contributed by atoms with van der Waals surface area (Å²) in [6, 6.07) is 1.70. The molecular formula is C26H25FN8O. The van der Waals surface area contributed by atoms with Crippen molar-refractivity contribution >= 4 is 23.4 Å². The van der Waals surface area contributed by atoms with Gasteiger partial charge < -0.3 is 21.5 Å². The quantitative estimate of drug-likeness (QED) is 0.448. The summed E-state index contributed by atoms with van der Waals surface area (Å²) in [5.41, 5.74) is 13.7. The number of H-pyrrole nitrogens is 1. The van der Waals surface area contributed by atoms with Crippen molar-refractivity contribution in [2.45, 2.75) is 38.6 Å². The van der Waals surface area contributed by atoms with Crippen LogP contribution in [0.3, 0.4) is 0 Å². The molecule has 6 rings (SSSR count). The Morgan fingerprint density at radius 1 is 1.19 bits per heavy atom. The predicted octanol–water partition coefficient (Wildman–Crippen LogP) is 3.40. The molecule has 0 unspecified atom stereocenters. The molecule has 1 fully saturated rings. The van der Waals surface area contributed by atoms with Gasteiger partial charge in [0.15, 0.2) is 11.6 Å². The maximum atomic E-state index is 16.1. The number of fused-ring (bicyclic) bond motifs is 2. The average molecular weight is 485 g/mol. The summed E-state index contributed by atoms with van der Waals surface area (Å²) in [6.45, 7) is 0.342. The Hall–Kier alpha value is -4.34. The highest BCUT2D eigenvalue weighted by Crippen LogP contribution is 2.30. The molecule has 0 radical (unpaired) electrons. The molecule has 3 aromatic heterocycles. The lowest BCUT2D eigenvalue weighted by molar-refractivity contribution is -0.119. The molecule has 9 nitrogen and oxygen atoms in total. The molecular weight excluding hydrogens is 459 g/mol. The van der Waals surface area contributed by atoms with Crippen molar-refractivity contribution in [1.82, 2.24) is 25.4 Å². The number of hydrogen-bond acceptors (Lipinski definition) is 7. The first-order chi connectivity index (χ1) is 17.6. The monoisotopic (exact) mass is 484 g/mol. The molecule has 182 valence electrons. The highest BCUT2D eigenvalue weighted by Gasteiger charge is 2.28. The van der Waals surface area contributed by atoms with E-state index < -0.39 is 5.82 Å². The first-order valence-corrected chi connectivity index (χ1v) is 12.0. The maximum absolute atomic E-state index is 16.1. The molecule has 1 amide bonds. The van der Waals surface area contributed by atoms with Gasteiger partial charge in [-0.1, -0.05) is 18.9 Å². The van der Waals surface area contributed by atoms with Gasteiger partial charge in [0.2, 0.25) is 5.91 Å². The number of nitrogens with zero attached hydrogens (tertiary/aromatic N) is 4. The van der Waals surface area contributed by atoms with E-state index in [9.17, 15) is 4.79 Å². The number of aromatic nitrogens is 4. The zero-order chi connectivity index (χ0) is 24.6. The van der Waals surface area contributed by atoms with Crippen LogP contribution in [-0.4, -0.2) is 31.6 Å². The number of nitrogens with two attached hydrogens (primary N) is 1. The standard InChI is InChI=1S/C26H25FN8O/c27-22-21-16(12-31-35-24(21)25-33-19-7-3-6-17(28)9-20(19)34-25)11-30-23(22)15-8-18(13-29-10-15)32-26(36)14-4-1-2-5-14/h3,6-8,10-11,13-14,31H,1-2,4-5,9,12,28H2,(H,32,36)(H,33,34). The molecule has 5 N–H and O–H groups in total. The van der Waals surface area contributed by atoms with Gasteiger partial charge in [-0.05, 0) is 31.1 Å². The number of halogens is 1. The molecule has 0 spiro atoms. The Balaban J connectivity index is 1.34. The summed E-state index contributed by atoms with van der Waals surface area (Å²) in [6.07, 6.45) is 14.7. The van der Waals surface area contributed by atoms with Gasteiger partial charge in [-0.15, -0.1) is 0 Å². The molecule has 0 atom stereocenters. The minimum atomic E-state index is -0.518. The van der Waals surface area contributed by atoms with E-state index in [0.717, 1.165) is 37.1 Å². The van der Waals surface area contributed by atoms with Crippen LogP contribution in [0.5, 0.6) is 0 Å². The minimum absolute atomic E-state index is 0.0163. The Morgan fingerprint density at radius 3 is 2.92 bits per heavy atom. The van der Waals surface area contributed by atoms with Crippen molar-refractivity contribution in [2.75, 3.05) is 5.32 Å². The molecule has 0 bridgehead atoms. The summed E-state index contributed by atoms with van der Waals surface area (Å²) in [7, 11) is 0. The third-order valence-corrected chi connectivity index (χ3v) is 6.78. The van der Waals surface area contributed by atoms with E-state index in [0.29, 0.717) is 52.6 Å². The van der Waals surface area contributed by atoms with Crippen LogP contribution in [0.2, 0.25) is 0 Å². The number of pyridine rings is 2. The predicted molar refractivity (Wildman–Crippen MR) is 134 cm³/mol. The van der Waals surface area contributed by atoms with E-state index in [2.05, 4.69) is 35.8 Å². The number of rotatable bonds is 4. The van der Waals surface area contributed by atoms with Crippen LogP contribution in [0.25, 0.3) is 17.3 Å². The number of imidazole rings is 1. The van der Waals surface area contributed by atoms with E-state index in [1.165, 1.54) is 6.20 Å². The van der Waals surface area contributed by atoms with Crippen molar-refractivity contribution in [2.24, 2.45) is 16.8 Å². The summed E-state index contributed by atoms with van der Waals surface area (Å²) >= 11 is 0. The minimum Gasteiger partial charge on any atom is -0.402 e. The fraction of sp³-hybridized carbons (Fsp3) is 0.269. The van der Waals surface area contributed by atoms with Crippen molar-refractivity contribution < 1.29 is 9.18 Å². The van der Waals surface area contributed by atoms with Crippen molar-refractivity contribution in [3.05, 3.63) is 76.7 Å². The highest BCUT2D eigenvalue weighted by atomic mass is 19.1. The number of hydrogen-bond donors (Lipinski definition) is 4. The fourth-order valence-corrected chi connectivity index (χ4v) is 4.95. The molecule has 3 aliphatic rings. The molecule has 10 heteroatoms. The fourth-order valence-electron chi connectivity index (χ4n) is 4.95. The molecule has 1 aliphatic heterocycles. The third-order valence-electron chi connectivity index (χ3n) is 6.78. The summed E-state index contributed by atoms with van der Waals surface area (Å²) in [4.78, 5) is 29.1. The Kier molecular flexibility index (Phi) is 5.55. The van der Waals surface area contributed by atoms with Crippen LogP contribution in [0, 0.1) is 11.7 Å². The zero-order valence-corrected chi connectivity index (χ0v) is 19.5. The SMILES string of the molecule is NC1=CC=Cc2nc(C3=NNCc4cnc(-c5cncc(NC(=O)C6CCCC6)c5)c(F)c43)[nH]c2C1. The zero-order valence-electron chi connectivity index (χ0n) is 19.5. The number of hydrazone groups is 1. The van der Waals surface area contributed by atoms with Crippen LogP contribution in [0.15, 0.2) is 47.6 Å². The van der Waals surface area contributed by atoms with Gasteiger partial charge in [0, 0.05) is 47.3 Å². The van der Waals surface area contributed by atoms with Crippen LogP contribution < -0.4 is 16.5 Å². The first-order valence-electron chi connectivity index (χ1n) is 12.0. The second-order valence-electron chi connectivity index (χ2n) is 9.28. The number of carbonyl (C=O) groups excluding carboxylic acids is 1. The second kappa shape index (κ2) is 9.03. The van der Waals surface area contributed by atoms with Crippen LogP contribution in [0.4, 0.5) is 10.1 Å².